The molecular weight excluding hydrogens is 257 g/mol. The van der Waals surface area contributed by atoms with Crippen molar-refractivity contribution in [3.05, 3.63) is 0 Å². The van der Waals surface area contributed by atoms with Crippen molar-refractivity contribution in [2.24, 2.45) is 0 Å². The summed E-state index contributed by atoms with van der Waals surface area (Å²) in [6.45, 7) is 0.552. The lowest BCUT2D eigenvalue weighted by Crippen LogP contribution is -2.51. The molecule has 3 N–H and O–H groups in total. The number of carboxylic acid groups (broad SMARTS) is 1. The fourth-order valence-electron chi connectivity index (χ4n) is 1.03. The van der Waals surface area contributed by atoms with E-state index in [0.29, 0.717) is 4.90 Å². The lowest BCUT2D eigenvalue weighted by atomic mass is 10.2. The van der Waals surface area contributed by atoms with E-state index in [1.165, 1.54) is 0 Å². The van der Waals surface area contributed by atoms with E-state index in [-0.39, 0.29) is 0 Å². The quantitative estimate of drug-likeness (QED) is 0.676. The van der Waals surface area contributed by atoms with E-state index in [1.54, 1.807) is 0 Å². The molecular formula is C9H15F3N2O4. The van der Waals surface area contributed by atoms with E-state index < -0.39 is 43.3 Å². The van der Waals surface area contributed by atoms with Gasteiger partial charge in [0.2, 0.25) is 0 Å². The third-order valence-electron chi connectivity index (χ3n) is 2.10. The van der Waals surface area contributed by atoms with Crippen LogP contribution in [0, 0.1) is 0 Å². The fraction of sp³-hybridized carbons (Fsp3) is 0.778. The molecule has 0 unspecified atom stereocenters. The van der Waals surface area contributed by atoms with Crippen LogP contribution in [0.3, 0.4) is 0 Å². The number of amides is 2. The Kier molecular flexibility index (Phi) is 5.89. The van der Waals surface area contributed by atoms with E-state index in [2.05, 4.69) is 0 Å². The van der Waals surface area contributed by atoms with Gasteiger partial charge in [0.25, 0.3) is 0 Å². The Bertz CT molecular complexity index is 307. The average molecular weight is 272 g/mol. The number of nitrogens with one attached hydrogen (secondary N) is 1. The van der Waals surface area contributed by atoms with Crippen LogP contribution >= 0.6 is 0 Å². The summed E-state index contributed by atoms with van der Waals surface area (Å²) in [5.74, 6) is -1.47. The molecule has 18 heavy (non-hydrogen) atoms. The highest BCUT2D eigenvalue weighted by Crippen LogP contribution is 2.19. The Labute approximate surface area is 101 Å². The number of carboxylic acids is 1. The van der Waals surface area contributed by atoms with Crippen molar-refractivity contribution in [2.45, 2.75) is 31.7 Å². The molecule has 0 aliphatic rings. The number of alkyl halides is 3. The topological polar surface area (TPSA) is 89.9 Å². The number of carbonyl (C=O) groups is 2. The first-order chi connectivity index (χ1) is 8.04. The van der Waals surface area contributed by atoms with Gasteiger partial charge in [-0.1, -0.05) is 0 Å². The highest BCUT2D eigenvalue weighted by molar-refractivity contribution is 5.82. The lowest BCUT2D eigenvalue weighted by molar-refractivity contribution is -0.142. The van der Waals surface area contributed by atoms with Crippen molar-refractivity contribution >= 4 is 12.0 Å². The number of nitrogens with zero attached hydrogens (tertiary/aromatic N) is 1. The first-order valence-corrected chi connectivity index (χ1v) is 5.04. The van der Waals surface area contributed by atoms with Crippen LogP contribution in [-0.2, 0) is 4.79 Å². The van der Waals surface area contributed by atoms with Crippen LogP contribution in [0.1, 0.15) is 13.3 Å². The number of urea groups is 1. The zero-order chi connectivity index (χ0) is 14.5. The van der Waals surface area contributed by atoms with Crippen molar-refractivity contribution in [3.63, 3.8) is 0 Å². The predicted molar refractivity (Wildman–Crippen MR) is 54.9 cm³/mol. The molecule has 0 spiro atoms. The smallest absolute Gasteiger partial charge is 0.390 e. The van der Waals surface area contributed by atoms with Crippen LogP contribution < -0.4 is 5.32 Å². The zero-order valence-corrected chi connectivity index (χ0v) is 9.86. The second kappa shape index (κ2) is 6.43. The van der Waals surface area contributed by atoms with Crippen molar-refractivity contribution in [3.8, 4) is 0 Å². The number of aliphatic hydroxyl groups is 1. The Morgan fingerprint density at radius 1 is 1.39 bits per heavy atom. The van der Waals surface area contributed by atoms with E-state index in [1.807, 2.05) is 5.32 Å². The minimum absolute atomic E-state index is 0.596. The second-order valence-electron chi connectivity index (χ2n) is 3.79. The van der Waals surface area contributed by atoms with Crippen LogP contribution in [0.4, 0.5) is 18.0 Å². The Balaban J connectivity index is 4.34. The summed E-state index contributed by atoms with van der Waals surface area (Å²) >= 11 is 0. The van der Waals surface area contributed by atoms with Crippen LogP contribution in [0.2, 0.25) is 0 Å². The molecule has 106 valence electrons. The summed E-state index contributed by atoms with van der Waals surface area (Å²) < 4.78 is 35.7. The molecule has 0 saturated heterocycles. The molecule has 0 aromatic carbocycles. The maximum absolute atomic E-state index is 11.9. The number of halogens is 3. The van der Waals surface area contributed by atoms with Crippen LogP contribution in [-0.4, -0.2) is 59.0 Å². The highest BCUT2D eigenvalue weighted by atomic mass is 19.4. The molecule has 9 heteroatoms. The summed E-state index contributed by atoms with van der Waals surface area (Å²) in [5.41, 5.74) is 0. The van der Waals surface area contributed by atoms with Gasteiger partial charge >= 0.3 is 18.2 Å². The van der Waals surface area contributed by atoms with Gasteiger partial charge in [-0.25, -0.2) is 9.59 Å². The van der Waals surface area contributed by atoms with Gasteiger partial charge < -0.3 is 20.4 Å². The predicted octanol–water partition coefficient (Wildman–Crippen LogP) is 0.414. The highest BCUT2D eigenvalue weighted by Gasteiger charge is 2.30. The van der Waals surface area contributed by atoms with Gasteiger partial charge in [0.05, 0.1) is 12.5 Å². The lowest BCUT2D eigenvalue weighted by Gasteiger charge is -2.23. The molecule has 0 fully saturated rings. The summed E-state index contributed by atoms with van der Waals surface area (Å²) in [4.78, 5) is 22.7. The largest absolute Gasteiger partial charge is 0.480 e. The molecule has 0 radical (unpaired) electrons. The molecule has 0 rings (SSSR count). The van der Waals surface area contributed by atoms with Gasteiger partial charge in [-0.3, -0.25) is 0 Å². The second-order valence-corrected chi connectivity index (χ2v) is 3.79. The van der Waals surface area contributed by atoms with E-state index >= 15 is 0 Å². The zero-order valence-electron chi connectivity index (χ0n) is 9.86. The summed E-state index contributed by atoms with van der Waals surface area (Å²) in [7, 11) is 1.10. The van der Waals surface area contributed by atoms with Gasteiger partial charge in [0.1, 0.15) is 0 Å². The Morgan fingerprint density at radius 3 is 2.22 bits per heavy atom. The molecule has 2 amide bonds. The number of hydrogen-bond donors (Lipinski definition) is 3. The molecule has 2 atom stereocenters. The third-order valence-corrected chi connectivity index (χ3v) is 2.10. The molecule has 0 bridgehead atoms. The number of hydrogen-bond acceptors (Lipinski definition) is 3. The first kappa shape index (κ1) is 16.5. The van der Waals surface area contributed by atoms with Crippen molar-refractivity contribution in [1.82, 2.24) is 10.2 Å². The summed E-state index contributed by atoms with van der Waals surface area (Å²) in [6, 6.07) is -2.56. The minimum Gasteiger partial charge on any atom is -0.480 e. The number of rotatable bonds is 5. The molecule has 0 aliphatic heterocycles. The van der Waals surface area contributed by atoms with Crippen molar-refractivity contribution in [1.29, 1.82) is 0 Å². The number of carbonyl (C=O) groups excluding carboxylic acids is 1. The van der Waals surface area contributed by atoms with Crippen LogP contribution in [0.25, 0.3) is 0 Å². The van der Waals surface area contributed by atoms with E-state index in [9.17, 15) is 22.8 Å². The monoisotopic (exact) mass is 272 g/mol. The van der Waals surface area contributed by atoms with Gasteiger partial charge in [0, 0.05) is 13.6 Å². The van der Waals surface area contributed by atoms with Crippen molar-refractivity contribution < 1.29 is 33.0 Å². The molecule has 0 aliphatic carbocycles. The molecule has 0 aromatic heterocycles. The summed E-state index contributed by atoms with van der Waals surface area (Å²) in [6.07, 6.45) is -6.95. The number of aliphatic carboxylic acids is 1. The van der Waals surface area contributed by atoms with Gasteiger partial charge in [-0.05, 0) is 6.92 Å². The summed E-state index contributed by atoms with van der Waals surface area (Å²) in [5, 5.41) is 19.7. The number of aliphatic hydroxyl groups excluding tert-OH is 1. The van der Waals surface area contributed by atoms with Crippen LogP contribution in [0.15, 0.2) is 0 Å². The Hall–Kier alpha value is -1.51. The SMILES string of the molecule is C[C@@H](O)[C@H](NC(=O)N(C)CCC(F)(F)F)C(=O)O. The van der Waals surface area contributed by atoms with Crippen molar-refractivity contribution in [2.75, 3.05) is 13.6 Å². The normalized spacial score (nSPS) is 14.8. The maximum Gasteiger partial charge on any atom is 0.390 e. The fourth-order valence-corrected chi connectivity index (χ4v) is 1.03. The van der Waals surface area contributed by atoms with Crippen LogP contribution in [0.5, 0.6) is 0 Å². The molecule has 0 aromatic rings. The van der Waals surface area contributed by atoms with Gasteiger partial charge in [-0.15, -0.1) is 0 Å². The van der Waals surface area contributed by atoms with E-state index in [4.69, 9.17) is 10.2 Å². The molecule has 6 nitrogen and oxygen atoms in total. The van der Waals surface area contributed by atoms with Gasteiger partial charge in [-0.2, -0.15) is 13.2 Å². The Morgan fingerprint density at radius 2 is 1.89 bits per heavy atom. The van der Waals surface area contributed by atoms with E-state index in [0.717, 1.165) is 14.0 Å². The standard InChI is InChI=1S/C9H15F3N2O4/c1-5(15)6(7(16)17)13-8(18)14(2)4-3-9(10,11)12/h5-6,15H,3-4H2,1-2H3,(H,13,18)(H,16,17)/t5-,6+/m1/s1. The maximum atomic E-state index is 11.9. The first-order valence-electron chi connectivity index (χ1n) is 5.04. The minimum atomic E-state index is -4.40. The average Bonchev–Trinajstić information content (AvgIpc) is 2.19. The third kappa shape index (κ3) is 6.28. The molecule has 0 heterocycles. The van der Waals surface area contributed by atoms with Gasteiger partial charge in [0.15, 0.2) is 6.04 Å². The molecule has 0 saturated carbocycles.